The zero-order valence-electron chi connectivity index (χ0n) is 18.9. The van der Waals surface area contributed by atoms with E-state index in [4.69, 9.17) is 9.84 Å². The number of hydrogen-bond donors (Lipinski definition) is 0. The molecule has 6 heteroatoms. The van der Waals surface area contributed by atoms with Gasteiger partial charge in [0.25, 0.3) is 0 Å². The van der Waals surface area contributed by atoms with Gasteiger partial charge in [0.05, 0.1) is 28.1 Å². The first-order chi connectivity index (χ1) is 16.7. The van der Waals surface area contributed by atoms with Gasteiger partial charge in [-0.05, 0) is 68.0 Å². The van der Waals surface area contributed by atoms with Crippen molar-refractivity contribution < 1.29 is 4.74 Å². The monoisotopic (exact) mass is 462 g/mol. The predicted octanol–water partition coefficient (Wildman–Crippen LogP) is 6.92. The molecule has 3 aromatic carbocycles. The summed E-state index contributed by atoms with van der Waals surface area (Å²) in [6, 6.07) is 26.2. The van der Waals surface area contributed by atoms with Crippen LogP contribution in [0, 0.1) is 18.3 Å². The summed E-state index contributed by atoms with van der Waals surface area (Å²) in [6.45, 7) is 4.63. The Kier molecular flexibility index (Phi) is 5.94. The van der Waals surface area contributed by atoms with Gasteiger partial charge in [-0.25, -0.2) is 9.67 Å². The maximum Gasteiger partial charge on any atom is 0.135 e. The molecule has 2 heterocycles. The fraction of sp³-hybridized carbons (Fsp3) is 0.107. The van der Waals surface area contributed by atoms with Gasteiger partial charge in [-0.2, -0.15) is 10.4 Å². The lowest BCUT2D eigenvalue weighted by molar-refractivity contribution is 0.340. The number of aryl methyl sites for hydroxylation is 1. The highest BCUT2D eigenvalue weighted by atomic mass is 32.1. The van der Waals surface area contributed by atoms with E-state index in [1.54, 1.807) is 0 Å². The van der Waals surface area contributed by atoms with Gasteiger partial charge in [0.1, 0.15) is 22.5 Å². The molecule has 0 amide bonds. The number of hydrogen-bond acceptors (Lipinski definition) is 5. The Morgan fingerprint density at radius 3 is 2.62 bits per heavy atom. The summed E-state index contributed by atoms with van der Waals surface area (Å²) in [5, 5.41) is 15.6. The van der Waals surface area contributed by atoms with Gasteiger partial charge in [-0.1, -0.05) is 30.3 Å². The average Bonchev–Trinajstić information content (AvgIpc) is 3.48. The van der Waals surface area contributed by atoms with Crippen LogP contribution in [0.3, 0.4) is 0 Å². The topological polar surface area (TPSA) is 63.7 Å². The van der Waals surface area contributed by atoms with Crippen LogP contribution in [0.1, 0.15) is 23.1 Å². The smallest absolute Gasteiger partial charge is 0.135 e. The SMILES string of the molecule is CCOc1ccc(-c2nn(-c3ccccc3)cc2C=C(C#N)c2nc3ccccc3s2)c(C)c1. The molecule has 0 atom stereocenters. The molecule has 0 fully saturated rings. The van der Waals surface area contributed by atoms with Gasteiger partial charge in [-0.15, -0.1) is 11.3 Å². The van der Waals surface area contributed by atoms with Crippen molar-refractivity contribution in [3.8, 4) is 28.8 Å². The summed E-state index contributed by atoms with van der Waals surface area (Å²) < 4.78 is 8.57. The number of nitrogens with zero attached hydrogens (tertiary/aromatic N) is 4. The fourth-order valence-corrected chi connectivity index (χ4v) is 4.79. The van der Waals surface area contributed by atoms with E-state index in [0.29, 0.717) is 17.2 Å². The van der Waals surface area contributed by atoms with E-state index in [1.165, 1.54) is 11.3 Å². The molecule has 0 N–H and O–H groups in total. The molecular formula is C28H22N4OS. The van der Waals surface area contributed by atoms with E-state index in [1.807, 2.05) is 104 Å². The summed E-state index contributed by atoms with van der Waals surface area (Å²) in [5.74, 6) is 0.829. The van der Waals surface area contributed by atoms with Crippen LogP contribution in [0.2, 0.25) is 0 Å². The lowest BCUT2D eigenvalue weighted by atomic mass is 10.0. The molecule has 0 saturated carbocycles. The quantitative estimate of drug-likeness (QED) is 0.257. The van der Waals surface area contributed by atoms with Crippen molar-refractivity contribution in [1.82, 2.24) is 14.8 Å². The number of aromatic nitrogens is 3. The maximum atomic E-state index is 10.0. The van der Waals surface area contributed by atoms with Crippen molar-refractivity contribution in [3.05, 3.63) is 95.1 Å². The van der Waals surface area contributed by atoms with Crippen molar-refractivity contribution in [1.29, 1.82) is 5.26 Å². The van der Waals surface area contributed by atoms with Crippen LogP contribution in [0.15, 0.2) is 79.0 Å². The molecule has 34 heavy (non-hydrogen) atoms. The lowest BCUT2D eigenvalue weighted by Crippen LogP contribution is -1.95. The summed E-state index contributed by atoms with van der Waals surface area (Å²) in [6.07, 6.45) is 3.85. The molecule has 5 nitrogen and oxygen atoms in total. The van der Waals surface area contributed by atoms with Crippen LogP contribution in [-0.2, 0) is 0 Å². The lowest BCUT2D eigenvalue weighted by Gasteiger charge is -2.08. The zero-order chi connectivity index (χ0) is 23.5. The van der Waals surface area contributed by atoms with Crippen molar-refractivity contribution in [3.63, 3.8) is 0 Å². The van der Waals surface area contributed by atoms with Gasteiger partial charge in [-0.3, -0.25) is 0 Å². The second kappa shape index (κ2) is 9.34. The van der Waals surface area contributed by atoms with Crippen LogP contribution in [0.4, 0.5) is 0 Å². The summed E-state index contributed by atoms with van der Waals surface area (Å²) in [5.41, 5.74) is 6.06. The minimum absolute atomic E-state index is 0.513. The number of benzene rings is 3. The second-order valence-electron chi connectivity index (χ2n) is 7.78. The molecular weight excluding hydrogens is 440 g/mol. The third-order valence-electron chi connectivity index (χ3n) is 5.47. The minimum Gasteiger partial charge on any atom is -0.494 e. The third-order valence-corrected chi connectivity index (χ3v) is 6.54. The van der Waals surface area contributed by atoms with E-state index in [9.17, 15) is 5.26 Å². The largest absolute Gasteiger partial charge is 0.494 e. The molecule has 0 bridgehead atoms. The van der Waals surface area contributed by atoms with Crippen LogP contribution in [0.25, 0.3) is 38.8 Å². The standard InChI is InChI=1S/C28H22N4OS/c1-3-33-23-13-14-24(19(2)15-23)27-21(18-32(31-27)22-9-5-4-6-10-22)16-20(17-29)28-30-25-11-7-8-12-26(25)34-28/h4-16,18H,3H2,1-2H3. The number of para-hydroxylation sites is 2. The Labute approximate surface area is 202 Å². The fourth-order valence-electron chi connectivity index (χ4n) is 3.86. The molecule has 0 aliphatic heterocycles. The number of ether oxygens (including phenoxy) is 1. The van der Waals surface area contributed by atoms with Gasteiger partial charge < -0.3 is 4.74 Å². The summed E-state index contributed by atoms with van der Waals surface area (Å²) in [4.78, 5) is 4.68. The van der Waals surface area contributed by atoms with E-state index in [2.05, 4.69) is 11.1 Å². The molecule has 0 radical (unpaired) electrons. The molecule has 0 saturated heterocycles. The van der Waals surface area contributed by atoms with Gasteiger partial charge in [0.15, 0.2) is 0 Å². The van der Waals surface area contributed by atoms with Crippen LogP contribution in [-0.4, -0.2) is 21.4 Å². The van der Waals surface area contributed by atoms with Crippen LogP contribution >= 0.6 is 11.3 Å². The Balaban J connectivity index is 1.66. The first kappa shape index (κ1) is 21.6. The normalized spacial score (nSPS) is 11.5. The molecule has 0 aliphatic rings. The molecule has 2 aromatic heterocycles. The molecule has 0 spiro atoms. The molecule has 5 aromatic rings. The molecule has 5 rings (SSSR count). The summed E-state index contributed by atoms with van der Waals surface area (Å²) >= 11 is 1.52. The predicted molar refractivity (Wildman–Crippen MR) is 138 cm³/mol. The molecule has 166 valence electrons. The van der Waals surface area contributed by atoms with Crippen molar-refractivity contribution >= 4 is 33.2 Å². The highest BCUT2D eigenvalue weighted by Gasteiger charge is 2.16. The maximum absolute atomic E-state index is 10.0. The first-order valence-electron chi connectivity index (χ1n) is 11.0. The summed E-state index contributed by atoms with van der Waals surface area (Å²) in [7, 11) is 0. The van der Waals surface area contributed by atoms with Gasteiger partial charge in [0.2, 0.25) is 0 Å². The van der Waals surface area contributed by atoms with Crippen LogP contribution in [0.5, 0.6) is 5.75 Å². The van der Waals surface area contributed by atoms with Gasteiger partial charge >= 0.3 is 0 Å². The number of nitriles is 1. The van der Waals surface area contributed by atoms with E-state index >= 15 is 0 Å². The van der Waals surface area contributed by atoms with E-state index < -0.39 is 0 Å². The zero-order valence-corrected chi connectivity index (χ0v) is 19.7. The number of allylic oxidation sites excluding steroid dienone is 1. The highest BCUT2D eigenvalue weighted by Crippen LogP contribution is 2.33. The first-order valence-corrected chi connectivity index (χ1v) is 11.8. The van der Waals surface area contributed by atoms with E-state index in [-0.39, 0.29) is 0 Å². The minimum atomic E-state index is 0.513. The van der Waals surface area contributed by atoms with Crippen molar-refractivity contribution in [2.75, 3.05) is 6.61 Å². The Bertz CT molecular complexity index is 1510. The highest BCUT2D eigenvalue weighted by molar-refractivity contribution is 7.19. The third kappa shape index (κ3) is 4.21. The number of thiazole rings is 1. The number of fused-ring (bicyclic) bond motifs is 1. The van der Waals surface area contributed by atoms with Crippen LogP contribution < -0.4 is 4.74 Å². The molecule has 0 unspecified atom stereocenters. The average molecular weight is 463 g/mol. The van der Waals surface area contributed by atoms with Crippen molar-refractivity contribution in [2.45, 2.75) is 13.8 Å². The van der Waals surface area contributed by atoms with Crippen molar-refractivity contribution in [2.24, 2.45) is 0 Å². The Morgan fingerprint density at radius 1 is 1.09 bits per heavy atom. The van der Waals surface area contributed by atoms with Gasteiger partial charge in [0, 0.05) is 17.3 Å². The Hall–Kier alpha value is -4.21. The second-order valence-corrected chi connectivity index (χ2v) is 8.81. The van der Waals surface area contributed by atoms with E-state index in [0.717, 1.165) is 44.0 Å². The number of rotatable bonds is 6. The molecule has 0 aliphatic carbocycles. The Morgan fingerprint density at radius 2 is 1.88 bits per heavy atom.